The van der Waals surface area contributed by atoms with Crippen molar-refractivity contribution in [2.24, 2.45) is 0 Å². The highest BCUT2D eigenvalue weighted by Gasteiger charge is 2.29. The summed E-state index contributed by atoms with van der Waals surface area (Å²) in [7, 11) is 5.59. The average Bonchev–Trinajstić information content (AvgIpc) is 2.84. The van der Waals surface area contributed by atoms with Crippen LogP contribution in [0.25, 0.3) is 0 Å². The predicted molar refractivity (Wildman–Crippen MR) is 130 cm³/mol. The Balaban J connectivity index is 1.43. The van der Waals surface area contributed by atoms with E-state index in [1.54, 1.807) is 19.2 Å². The van der Waals surface area contributed by atoms with Crippen molar-refractivity contribution >= 4 is 17.1 Å². The summed E-state index contributed by atoms with van der Waals surface area (Å²) in [6.45, 7) is 3.11. The maximum atomic E-state index is 13.2. The maximum absolute atomic E-state index is 13.2. The van der Waals surface area contributed by atoms with Crippen LogP contribution in [-0.2, 0) is 0 Å². The van der Waals surface area contributed by atoms with E-state index in [0.29, 0.717) is 44.1 Å². The van der Waals surface area contributed by atoms with Crippen molar-refractivity contribution < 1.29 is 9.13 Å². The van der Waals surface area contributed by atoms with Crippen LogP contribution in [0, 0.1) is 5.82 Å². The maximum Gasteiger partial charge on any atom is 0.253 e. The second-order valence-corrected chi connectivity index (χ2v) is 8.47. The topological polar surface area (TPSA) is 65.1 Å². The van der Waals surface area contributed by atoms with Gasteiger partial charge in [0.1, 0.15) is 22.9 Å². The minimum atomic E-state index is -0.460. The molecule has 0 unspecified atom stereocenters. The zero-order valence-electron chi connectivity index (χ0n) is 19.2. The first-order valence-electron chi connectivity index (χ1n) is 11.0. The van der Waals surface area contributed by atoms with Crippen LogP contribution >= 0.6 is 0 Å². The van der Waals surface area contributed by atoms with Gasteiger partial charge in [0.15, 0.2) is 0 Å². The highest BCUT2D eigenvalue weighted by atomic mass is 19.1. The zero-order chi connectivity index (χ0) is 23.5. The molecule has 3 aromatic carbocycles. The molecule has 0 bridgehead atoms. The van der Waals surface area contributed by atoms with Gasteiger partial charge in [0.05, 0.1) is 13.2 Å². The summed E-state index contributed by atoms with van der Waals surface area (Å²) in [4.78, 5) is 31.0. The van der Waals surface area contributed by atoms with Gasteiger partial charge in [-0.3, -0.25) is 9.59 Å². The lowest BCUT2D eigenvalue weighted by Crippen LogP contribution is -2.51. The Kier molecular flexibility index (Phi) is 6.65. The molecule has 1 saturated heterocycles. The lowest BCUT2D eigenvalue weighted by Gasteiger charge is -2.38. The Bertz CT molecular complexity index is 1150. The lowest BCUT2D eigenvalue weighted by atomic mass is 10.0. The Morgan fingerprint density at radius 3 is 2.12 bits per heavy atom. The van der Waals surface area contributed by atoms with E-state index in [2.05, 4.69) is 15.1 Å². The van der Waals surface area contributed by atoms with Crippen molar-refractivity contribution in [3.63, 3.8) is 0 Å². The molecule has 1 aliphatic rings. The van der Waals surface area contributed by atoms with Crippen molar-refractivity contribution in [3.05, 3.63) is 80.4 Å². The molecule has 4 rings (SSSR count). The summed E-state index contributed by atoms with van der Waals surface area (Å²) < 4.78 is 18.4. The summed E-state index contributed by atoms with van der Waals surface area (Å²) in [6.07, 6.45) is 0. The van der Waals surface area contributed by atoms with E-state index in [9.17, 15) is 14.0 Å². The first-order valence-corrected chi connectivity index (χ1v) is 11.0. The van der Waals surface area contributed by atoms with Crippen LogP contribution in [0.2, 0.25) is 0 Å². The molecule has 0 radical (unpaired) electrons. The third-order valence-corrected chi connectivity index (χ3v) is 6.27. The number of benzene rings is 2. The van der Waals surface area contributed by atoms with Crippen LogP contribution in [0.4, 0.5) is 21.5 Å². The second-order valence-electron chi connectivity index (χ2n) is 8.47. The van der Waals surface area contributed by atoms with E-state index in [1.807, 2.05) is 43.3 Å². The number of ether oxygens (including phenoxy) is 1. The van der Waals surface area contributed by atoms with Crippen LogP contribution < -0.4 is 30.7 Å². The quantitative estimate of drug-likeness (QED) is 0.527. The molecular weight excluding hydrogens is 423 g/mol. The molecule has 0 amide bonds. The van der Waals surface area contributed by atoms with Crippen LogP contribution in [0.1, 0.15) is 11.6 Å². The molecule has 0 aliphatic carbocycles. The van der Waals surface area contributed by atoms with E-state index in [-0.39, 0.29) is 11.9 Å². The second kappa shape index (κ2) is 9.62. The zero-order valence-corrected chi connectivity index (χ0v) is 19.2. The number of piperazine rings is 1. The number of methoxy groups -OCH3 is 1. The number of nitrogens with zero attached hydrogens (tertiary/aromatic N) is 3. The van der Waals surface area contributed by atoms with Gasteiger partial charge < -0.3 is 24.8 Å². The van der Waals surface area contributed by atoms with Crippen molar-refractivity contribution in [2.45, 2.75) is 6.04 Å². The van der Waals surface area contributed by atoms with Gasteiger partial charge >= 0.3 is 0 Å². The Morgan fingerprint density at radius 2 is 1.55 bits per heavy atom. The minimum absolute atomic E-state index is 0.0171. The molecule has 1 N–H and O–H groups in total. The number of likely N-dealkylation sites (N-methyl/N-ethyl adjacent to an activating group) is 1. The third-order valence-electron chi connectivity index (χ3n) is 6.27. The lowest BCUT2D eigenvalue weighted by molar-refractivity contribution is 0.311. The number of hydrogen-bond acceptors (Lipinski definition) is 7. The molecule has 33 heavy (non-hydrogen) atoms. The molecule has 1 aliphatic heterocycles. The Morgan fingerprint density at radius 1 is 0.939 bits per heavy atom. The van der Waals surface area contributed by atoms with E-state index in [4.69, 9.17) is 4.74 Å². The summed E-state index contributed by atoms with van der Waals surface area (Å²) in [5, 5.41) is 3.24. The summed E-state index contributed by atoms with van der Waals surface area (Å²) in [5.41, 5.74) is 2.02. The molecule has 1 atom stereocenters. The highest BCUT2D eigenvalue weighted by molar-refractivity contribution is 5.75. The van der Waals surface area contributed by atoms with Gasteiger partial charge in [-0.05, 0) is 56.1 Å². The first kappa shape index (κ1) is 22.8. The Hall–Kier alpha value is -3.39. The highest BCUT2D eigenvalue weighted by Crippen LogP contribution is 2.26. The van der Waals surface area contributed by atoms with Crippen molar-refractivity contribution in [1.82, 2.24) is 4.90 Å². The summed E-state index contributed by atoms with van der Waals surface area (Å²) >= 11 is 0. The predicted octanol–water partition coefficient (Wildman–Crippen LogP) is 2.47. The molecule has 8 heteroatoms. The molecule has 1 heterocycles. The van der Waals surface area contributed by atoms with Crippen LogP contribution in [-0.4, -0.2) is 58.8 Å². The number of anilines is 3. The van der Waals surface area contributed by atoms with E-state index >= 15 is 0 Å². The molecule has 3 aromatic rings. The normalized spacial score (nSPS) is 15.2. The van der Waals surface area contributed by atoms with Gasteiger partial charge in [0, 0.05) is 38.4 Å². The van der Waals surface area contributed by atoms with Gasteiger partial charge in [-0.2, -0.15) is 0 Å². The molecule has 7 nitrogen and oxygen atoms in total. The van der Waals surface area contributed by atoms with Crippen LogP contribution in [0.15, 0.2) is 58.1 Å². The van der Waals surface area contributed by atoms with E-state index < -0.39 is 10.9 Å². The van der Waals surface area contributed by atoms with Crippen LogP contribution in [0.5, 0.6) is 5.75 Å². The van der Waals surface area contributed by atoms with Crippen molar-refractivity contribution in [3.8, 4) is 5.75 Å². The van der Waals surface area contributed by atoms with Gasteiger partial charge in [0.25, 0.3) is 10.9 Å². The molecule has 1 fully saturated rings. The summed E-state index contributed by atoms with van der Waals surface area (Å²) in [5.74, 6) is 0.524. The molecule has 0 saturated carbocycles. The van der Waals surface area contributed by atoms with Gasteiger partial charge in [-0.25, -0.2) is 4.39 Å². The third kappa shape index (κ3) is 4.71. The number of hydrogen-bond donors (Lipinski definition) is 1. The molecule has 0 aromatic heterocycles. The number of halogens is 1. The standard InChI is InChI=1S/C25H29FN4O3/c1-28(2)21(17-4-10-20(33-3)11-5-17)16-27-22-23(25(32)24(22)31)30-14-12-29(13-15-30)19-8-6-18(26)7-9-19/h4-11,21,27H,12-16H2,1-3H3/t21-/m1/s1. The summed E-state index contributed by atoms with van der Waals surface area (Å²) in [6, 6.07) is 14.3. The minimum Gasteiger partial charge on any atom is -0.497 e. The van der Waals surface area contributed by atoms with Gasteiger partial charge in [-0.1, -0.05) is 12.1 Å². The molecule has 0 spiro atoms. The average molecular weight is 453 g/mol. The SMILES string of the molecule is COc1ccc([C@@H](CNc2c(N3CCN(c4ccc(F)cc4)CC3)c(=O)c2=O)N(C)C)cc1. The number of rotatable bonds is 8. The fourth-order valence-corrected chi connectivity index (χ4v) is 4.31. The molecular formula is C25H29FN4O3. The van der Waals surface area contributed by atoms with Crippen LogP contribution in [0.3, 0.4) is 0 Å². The van der Waals surface area contributed by atoms with Gasteiger partial charge in [0.2, 0.25) is 0 Å². The molecule has 174 valence electrons. The monoisotopic (exact) mass is 452 g/mol. The van der Waals surface area contributed by atoms with E-state index in [0.717, 1.165) is 17.0 Å². The van der Waals surface area contributed by atoms with Crippen molar-refractivity contribution in [2.75, 3.05) is 69.0 Å². The fraction of sp³-hybridized carbons (Fsp3) is 0.360. The largest absolute Gasteiger partial charge is 0.497 e. The van der Waals surface area contributed by atoms with Crippen molar-refractivity contribution in [1.29, 1.82) is 0 Å². The fourth-order valence-electron chi connectivity index (χ4n) is 4.31. The Labute approximate surface area is 192 Å². The van der Waals surface area contributed by atoms with Gasteiger partial charge in [-0.15, -0.1) is 0 Å². The smallest absolute Gasteiger partial charge is 0.253 e. The first-order chi connectivity index (χ1) is 15.9. The van der Waals surface area contributed by atoms with E-state index in [1.165, 1.54) is 12.1 Å². The number of nitrogens with one attached hydrogen (secondary N) is 1.